The number of aryl methyl sites for hydroxylation is 2. The fourth-order valence-electron chi connectivity index (χ4n) is 4.11. The fraction of sp³-hybridized carbons (Fsp3) is 0.103. The molecule has 1 fully saturated rings. The van der Waals surface area contributed by atoms with E-state index in [1.165, 1.54) is 11.8 Å². The molecule has 1 saturated heterocycles. The van der Waals surface area contributed by atoms with Gasteiger partial charge in [0.1, 0.15) is 6.61 Å². The molecule has 37 heavy (non-hydrogen) atoms. The normalized spacial score (nSPS) is 15.5. The van der Waals surface area contributed by atoms with Gasteiger partial charge in [0.15, 0.2) is 10.9 Å². The van der Waals surface area contributed by atoms with E-state index in [1.54, 1.807) is 12.1 Å². The lowest BCUT2D eigenvalue weighted by Crippen LogP contribution is -2.19. The number of fused-ring (bicyclic) bond motifs is 1. The molecule has 4 nitrogen and oxygen atoms in total. The maximum Gasteiger partial charge on any atom is 0.264 e. The van der Waals surface area contributed by atoms with Crippen LogP contribution in [0.3, 0.4) is 0 Å². The summed E-state index contributed by atoms with van der Waals surface area (Å²) in [5, 5.41) is 6.15. The molecular formula is C29H21Br2ClN2O2S. The van der Waals surface area contributed by atoms with Crippen LogP contribution in [-0.4, -0.2) is 11.1 Å². The molecule has 0 radical (unpaired) electrons. The van der Waals surface area contributed by atoms with E-state index in [0.29, 0.717) is 31.9 Å². The van der Waals surface area contributed by atoms with Crippen molar-refractivity contribution in [1.29, 1.82) is 0 Å². The molecule has 0 atom stereocenters. The Morgan fingerprint density at radius 2 is 1.76 bits per heavy atom. The Labute approximate surface area is 241 Å². The van der Waals surface area contributed by atoms with Crippen LogP contribution in [0.2, 0.25) is 5.02 Å². The topological polar surface area (TPSA) is 50.7 Å². The standard InChI is InChI=1S/C29H21Br2ClN2O2S/c1-16-10-21(11-17(2)26(16)31)33-29-34-28(35)25(37-29)14-18-12-23(30)27(24(32)13-18)36-15-20-8-5-7-19-6-3-4-9-22(19)20/h3-14H,15H2,1-2H3,(H,33,34,35)/b25-14-. The van der Waals surface area contributed by atoms with Crippen molar-refractivity contribution >= 4 is 88.8 Å². The number of thioether (sulfide) groups is 1. The minimum absolute atomic E-state index is 0.196. The van der Waals surface area contributed by atoms with Crippen LogP contribution in [0, 0.1) is 13.8 Å². The zero-order chi connectivity index (χ0) is 26.1. The maximum absolute atomic E-state index is 12.6. The summed E-state index contributed by atoms with van der Waals surface area (Å²) in [6.45, 7) is 4.42. The third kappa shape index (κ3) is 5.80. The lowest BCUT2D eigenvalue weighted by Gasteiger charge is -2.13. The van der Waals surface area contributed by atoms with E-state index in [4.69, 9.17) is 16.3 Å². The Kier molecular flexibility index (Phi) is 7.77. The summed E-state index contributed by atoms with van der Waals surface area (Å²) in [5.41, 5.74) is 4.83. The first kappa shape index (κ1) is 26.0. The van der Waals surface area contributed by atoms with Crippen molar-refractivity contribution in [3.8, 4) is 5.75 Å². The second kappa shape index (κ2) is 11.0. The van der Waals surface area contributed by atoms with E-state index in [-0.39, 0.29) is 5.91 Å². The predicted molar refractivity (Wildman–Crippen MR) is 162 cm³/mol. The van der Waals surface area contributed by atoms with E-state index in [0.717, 1.165) is 43.2 Å². The van der Waals surface area contributed by atoms with Gasteiger partial charge in [0.25, 0.3) is 5.91 Å². The SMILES string of the molecule is Cc1cc(N=C2NC(=O)/C(=C/c3cc(Cl)c(OCc4cccc5ccccc45)c(Br)c3)S2)cc(C)c1Br. The first-order chi connectivity index (χ1) is 17.8. The van der Waals surface area contributed by atoms with Crippen LogP contribution >= 0.6 is 55.2 Å². The second-order valence-corrected chi connectivity index (χ2v) is 11.7. The lowest BCUT2D eigenvalue weighted by molar-refractivity contribution is -0.115. The quantitative estimate of drug-likeness (QED) is 0.218. The van der Waals surface area contributed by atoms with Crippen LogP contribution in [0.15, 0.2) is 85.6 Å². The van der Waals surface area contributed by atoms with E-state index in [2.05, 4.69) is 66.4 Å². The third-order valence-corrected chi connectivity index (χ3v) is 8.90. The fourth-order valence-corrected chi connectivity index (χ4v) is 6.17. The second-order valence-electron chi connectivity index (χ2n) is 8.62. The van der Waals surface area contributed by atoms with E-state index in [9.17, 15) is 4.79 Å². The smallest absolute Gasteiger partial charge is 0.264 e. The zero-order valence-corrected chi connectivity index (χ0v) is 24.7. The number of nitrogens with one attached hydrogen (secondary N) is 1. The van der Waals surface area contributed by atoms with E-state index in [1.807, 2.05) is 50.2 Å². The summed E-state index contributed by atoms with van der Waals surface area (Å²) in [4.78, 5) is 17.8. The highest BCUT2D eigenvalue weighted by atomic mass is 79.9. The Balaban J connectivity index is 1.34. The van der Waals surface area contributed by atoms with Gasteiger partial charge in [-0.1, -0.05) is 70.0 Å². The number of amides is 1. The Bertz CT molecular complexity index is 1570. The van der Waals surface area contributed by atoms with Crippen molar-refractivity contribution in [3.63, 3.8) is 0 Å². The minimum Gasteiger partial charge on any atom is -0.486 e. The molecule has 1 aliphatic rings. The molecule has 5 rings (SSSR count). The number of rotatable bonds is 5. The largest absolute Gasteiger partial charge is 0.486 e. The molecular weight excluding hydrogens is 636 g/mol. The van der Waals surface area contributed by atoms with Crippen molar-refractivity contribution in [3.05, 3.63) is 108 Å². The Morgan fingerprint density at radius 1 is 1.03 bits per heavy atom. The monoisotopic (exact) mass is 654 g/mol. The summed E-state index contributed by atoms with van der Waals surface area (Å²) in [5.74, 6) is 0.362. The molecule has 1 aliphatic heterocycles. The lowest BCUT2D eigenvalue weighted by atomic mass is 10.1. The van der Waals surface area contributed by atoms with Gasteiger partial charge in [-0.3, -0.25) is 4.79 Å². The number of ether oxygens (including phenoxy) is 1. The van der Waals surface area contributed by atoms with Gasteiger partial charge in [0.05, 0.1) is 20.1 Å². The van der Waals surface area contributed by atoms with Crippen molar-refractivity contribution in [2.75, 3.05) is 0 Å². The van der Waals surface area contributed by atoms with Crippen LogP contribution in [0.1, 0.15) is 22.3 Å². The number of carbonyl (C=O) groups is 1. The number of hydrogen-bond acceptors (Lipinski definition) is 4. The summed E-state index contributed by atoms with van der Waals surface area (Å²) < 4.78 is 7.89. The van der Waals surface area contributed by atoms with Crippen LogP contribution in [0.25, 0.3) is 16.8 Å². The highest BCUT2D eigenvalue weighted by Gasteiger charge is 2.24. The molecule has 0 aliphatic carbocycles. The van der Waals surface area contributed by atoms with Gasteiger partial charge in [0, 0.05) is 4.47 Å². The molecule has 186 valence electrons. The number of nitrogens with zero attached hydrogens (tertiary/aromatic N) is 1. The predicted octanol–water partition coefficient (Wildman–Crippen LogP) is 9.11. The van der Waals surface area contributed by atoms with Crippen molar-refractivity contribution in [2.45, 2.75) is 20.5 Å². The molecule has 0 bridgehead atoms. The Morgan fingerprint density at radius 3 is 2.51 bits per heavy atom. The van der Waals surface area contributed by atoms with Gasteiger partial charge in [-0.25, -0.2) is 4.99 Å². The van der Waals surface area contributed by atoms with Gasteiger partial charge >= 0.3 is 0 Å². The van der Waals surface area contributed by atoms with Gasteiger partial charge < -0.3 is 10.1 Å². The van der Waals surface area contributed by atoms with Crippen molar-refractivity contribution in [1.82, 2.24) is 5.32 Å². The summed E-state index contributed by atoms with van der Waals surface area (Å²) in [6.07, 6.45) is 1.80. The molecule has 1 N–H and O–H groups in total. The number of halogens is 3. The third-order valence-electron chi connectivity index (χ3n) is 5.87. The number of amidine groups is 1. The summed E-state index contributed by atoms with van der Waals surface area (Å²) >= 11 is 15.1. The van der Waals surface area contributed by atoms with Crippen LogP contribution in [0.4, 0.5) is 5.69 Å². The Hall–Kier alpha value is -2.58. The molecule has 8 heteroatoms. The van der Waals surface area contributed by atoms with Crippen molar-refractivity contribution < 1.29 is 9.53 Å². The number of carbonyl (C=O) groups excluding carboxylic acids is 1. The van der Waals surface area contributed by atoms with Gasteiger partial charge in [0.2, 0.25) is 0 Å². The molecule has 4 aromatic rings. The maximum atomic E-state index is 12.6. The first-order valence-electron chi connectivity index (χ1n) is 11.4. The van der Waals surface area contributed by atoms with Crippen LogP contribution in [-0.2, 0) is 11.4 Å². The van der Waals surface area contributed by atoms with Gasteiger partial charge in [-0.05, 0) is 105 Å². The molecule has 4 aromatic carbocycles. The van der Waals surface area contributed by atoms with Crippen LogP contribution in [0.5, 0.6) is 5.75 Å². The van der Waals surface area contributed by atoms with Crippen molar-refractivity contribution in [2.24, 2.45) is 4.99 Å². The molecule has 1 amide bonds. The molecule has 0 spiro atoms. The molecule has 0 saturated carbocycles. The number of benzene rings is 4. The molecule has 0 aromatic heterocycles. The van der Waals surface area contributed by atoms with Gasteiger partial charge in [-0.15, -0.1) is 0 Å². The minimum atomic E-state index is -0.196. The average Bonchev–Trinajstić information content (AvgIpc) is 3.20. The zero-order valence-electron chi connectivity index (χ0n) is 19.9. The first-order valence-corrected chi connectivity index (χ1v) is 14.2. The van der Waals surface area contributed by atoms with Gasteiger partial charge in [-0.2, -0.15) is 0 Å². The van der Waals surface area contributed by atoms with E-state index < -0.39 is 0 Å². The average molecular weight is 657 g/mol. The molecule has 1 heterocycles. The number of aliphatic imine (C=N–C) groups is 1. The number of hydrogen-bond donors (Lipinski definition) is 1. The highest BCUT2D eigenvalue weighted by molar-refractivity contribution is 9.10. The van der Waals surface area contributed by atoms with E-state index >= 15 is 0 Å². The van der Waals surface area contributed by atoms with Crippen LogP contribution < -0.4 is 10.1 Å². The summed E-state index contributed by atoms with van der Waals surface area (Å²) in [6, 6.07) is 22.0. The highest BCUT2D eigenvalue weighted by Crippen LogP contribution is 2.37. The molecule has 0 unspecified atom stereocenters. The summed E-state index contributed by atoms with van der Waals surface area (Å²) in [7, 11) is 0.